The maximum Gasteiger partial charge on any atom is 0.167 e. The van der Waals surface area contributed by atoms with E-state index in [1.165, 1.54) is 31.7 Å². The van der Waals surface area contributed by atoms with Crippen molar-refractivity contribution in [1.29, 1.82) is 0 Å². The van der Waals surface area contributed by atoms with E-state index in [4.69, 9.17) is 4.74 Å². The summed E-state index contributed by atoms with van der Waals surface area (Å²) in [5.74, 6) is 0.551. The Bertz CT molecular complexity index is 419. The first-order valence-electron chi connectivity index (χ1n) is 7.53. The Balaban J connectivity index is 1.79. The zero-order chi connectivity index (χ0) is 14.4. The molecule has 1 atom stereocenters. The lowest BCUT2D eigenvalue weighted by atomic mass is 10.00. The SMILES string of the molecule is CCOc1ccc(NCC(O)CC2CCCC2)cc1F. The van der Waals surface area contributed by atoms with Crippen LogP contribution in [0.3, 0.4) is 0 Å². The first-order chi connectivity index (χ1) is 9.69. The van der Waals surface area contributed by atoms with Crippen molar-refractivity contribution in [2.75, 3.05) is 18.5 Å². The highest BCUT2D eigenvalue weighted by molar-refractivity contribution is 5.47. The summed E-state index contributed by atoms with van der Waals surface area (Å²) >= 11 is 0. The minimum absolute atomic E-state index is 0.268. The van der Waals surface area contributed by atoms with Crippen LogP contribution in [0.5, 0.6) is 5.75 Å². The molecular weight excluding hydrogens is 257 g/mol. The van der Waals surface area contributed by atoms with Gasteiger partial charge in [0.15, 0.2) is 11.6 Å². The summed E-state index contributed by atoms with van der Waals surface area (Å²) in [4.78, 5) is 0. The third-order valence-electron chi connectivity index (χ3n) is 3.85. The van der Waals surface area contributed by atoms with E-state index in [1.54, 1.807) is 12.1 Å². The summed E-state index contributed by atoms with van der Waals surface area (Å²) in [6.45, 7) is 2.73. The van der Waals surface area contributed by atoms with E-state index >= 15 is 0 Å². The van der Waals surface area contributed by atoms with Crippen molar-refractivity contribution < 1.29 is 14.2 Å². The highest BCUT2D eigenvalue weighted by Gasteiger charge is 2.18. The fourth-order valence-corrected chi connectivity index (χ4v) is 2.83. The molecule has 1 aliphatic carbocycles. The van der Waals surface area contributed by atoms with E-state index in [2.05, 4.69) is 5.32 Å². The second kappa shape index (κ2) is 7.48. The Labute approximate surface area is 120 Å². The molecule has 1 aromatic rings. The summed E-state index contributed by atoms with van der Waals surface area (Å²) in [5, 5.41) is 13.1. The second-order valence-electron chi connectivity index (χ2n) is 5.50. The first kappa shape index (κ1) is 15.1. The van der Waals surface area contributed by atoms with Gasteiger partial charge in [-0.25, -0.2) is 4.39 Å². The van der Waals surface area contributed by atoms with Gasteiger partial charge in [0.1, 0.15) is 0 Å². The van der Waals surface area contributed by atoms with Gasteiger partial charge in [0.2, 0.25) is 0 Å². The number of halogens is 1. The molecule has 0 heterocycles. The van der Waals surface area contributed by atoms with Crippen LogP contribution in [0.25, 0.3) is 0 Å². The molecule has 0 bridgehead atoms. The predicted molar refractivity (Wildman–Crippen MR) is 78.6 cm³/mol. The molecule has 2 N–H and O–H groups in total. The van der Waals surface area contributed by atoms with Gasteiger partial charge in [0.25, 0.3) is 0 Å². The minimum atomic E-state index is -0.373. The molecule has 112 valence electrons. The highest BCUT2D eigenvalue weighted by Crippen LogP contribution is 2.28. The van der Waals surface area contributed by atoms with Gasteiger partial charge in [-0.3, -0.25) is 0 Å². The largest absolute Gasteiger partial charge is 0.491 e. The van der Waals surface area contributed by atoms with Gasteiger partial charge in [-0.1, -0.05) is 25.7 Å². The second-order valence-corrected chi connectivity index (χ2v) is 5.50. The van der Waals surface area contributed by atoms with Crippen LogP contribution in [-0.4, -0.2) is 24.4 Å². The lowest BCUT2D eigenvalue weighted by Gasteiger charge is -2.17. The van der Waals surface area contributed by atoms with Crippen molar-refractivity contribution in [3.63, 3.8) is 0 Å². The van der Waals surface area contributed by atoms with Crippen LogP contribution >= 0.6 is 0 Å². The maximum atomic E-state index is 13.7. The van der Waals surface area contributed by atoms with Gasteiger partial charge in [-0.15, -0.1) is 0 Å². The average molecular weight is 281 g/mol. The van der Waals surface area contributed by atoms with E-state index in [1.807, 2.05) is 6.92 Å². The van der Waals surface area contributed by atoms with Crippen molar-refractivity contribution in [2.45, 2.75) is 45.1 Å². The van der Waals surface area contributed by atoms with E-state index in [-0.39, 0.29) is 17.7 Å². The molecule has 1 aromatic carbocycles. The number of ether oxygens (including phenoxy) is 1. The number of rotatable bonds is 7. The molecule has 1 aliphatic rings. The van der Waals surface area contributed by atoms with Crippen molar-refractivity contribution >= 4 is 5.69 Å². The topological polar surface area (TPSA) is 41.5 Å². The smallest absolute Gasteiger partial charge is 0.167 e. The van der Waals surface area contributed by atoms with Crippen molar-refractivity contribution in [1.82, 2.24) is 0 Å². The van der Waals surface area contributed by atoms with Crippen LogP contribution in [0.2, 0.25) is 0 Å². The van der Waals surface area contributed by atoms with Gasteiger partial charge in [-0.05, 0) is 31.4 Å². The van der Waals surface area contributed by atoms with Crippen LogP contribution < -0.4 is 10.1 Å². The molecule has 0 radical (unpaired) electrons. The molecule has 4 heteroatoms. The number of hydrogen-bond acceptors (Lipinski definition) is 3. The number of aliphatic hydroxyl groups is 1. The number of hydrogen-bond donors (Lipinski definition) is 2. The summed E-state index contributed by atoms with van der Waals surface area (Å²) in [7, 11) is 0. The zero-order valence-electron chi connectivity index (χ0n) is 12.1. The molecule has 0 amide bonds. The third-order valence-corrected chi connectivity index (χ3v) is 3.85. The van der Waals surface area contributed by atoms with E-state index in [0.29, 0.717) is 24.8 Å². The Kier molecular flexibility index (Phi) is 5.65. The standard InChI is InChI=1S/C16H24FNO2/c1-2-20-16-8-7-13(10-15(16)17)18-11-14(19)9-12-5-3-4-6-12/h7-8,10,12,14,18-19H,2-6,9,11H2,1H3. The lowest BCUT2D eigenvalue weighted by Crippen LogP contribution is -2.22. The summed E-state index contributed by atoms with van der Waals surface area (Å²) in [6, 6.07) is 4.80. The van der Waals surface area contributed by atoms with Gasteiger partial charge < -0.3 is 15.2 Å². The van der Waals surface area contributed by atoms with E-state index < -0.39 is 0 Å². The molecule has 0 spiro atoms. The fraction of sp³-hybridized carbons (Fsp3) is 0.625. The molecular formula is C16H24FNO2. The van der Waals surface area contributed by atoms with Gasteiger partial charge in [0, 0.05) is 18.3 Å². The summed E-state index contributed by atoms with van der Waals surface area (Å²) < 4.78 is 18.8. The molecule has 1 saturated carbocycles. The van der Waals surface area contributed by atoms with Crippen molar-refractivity contribution in [3.05, 3.63) is 24.0 Å². The van der Waals surface area contributed by atoms with Gasteiger partial charge in [-0.2, -0.15) is 0 Å². The number of benzene rings is 1. The maximum absolute atomic E-state index is 13.7. The van der Waals surface area contributed by atoms with Crippen LogP contribution in [0.1, 0.15) is 39.0 Å². The Hall–Kier alpha value is -1.29. The van der Waals surface area contributed by atoms with Crippen LogP contribution in [-0.2, 0) is 0 Å². The Morgan fingerprint density at radius 3 is 2.80 bits per heavy atom. The number of aliphatic hydroxyl groups excluding tert-OH is 1. The Morgan fingerprint density at radius 1 is 1.40 bits per heavy atom. The normalized spacial score (nSPS) is 17.1. The van der Waals surface area contributed by atoms with Gasteiger partial charge >= 0.3 is 0 Å². The average Bonchev–Trinajstić information content (AvgIpc) is 2.92. The third kappa shape index (κ3) is 4.37. The fourth-order valence-electron chi connectivity index (χ4n) is 2.83. The molecule has 3 nitrogen and oxygen atoms in total. The molecule has 0 saturated heterocycles. The van der Waals surface area contributed by atoms with Crippen LogP contribution in [0, 0.1) is 11.7 Å². The Morgan fingerprint density at radius 2 is 2.15 bits per heavy atom. The molecule has 1 fully saturated rings. The van der Waals surface area contributed by atoms with E-state index in [9.17, 15) is 9.50 Å². The van der Waals surface area contributed by atoms with E-state index in [0.717, 1.165) is 6.42 Å². The highest BCUT2D eigenvalue weighted by atomic mass is 19.1. The summed E-state index contributed by atoms with van der Waals surface area (Å²) in [6.07, 6.45) is 5.51. The quantitative estimate of drug-likeness (QED) is 0.802. The first-order valence-corrected chi connectivity index (χ1v) is 7.53. The molecule has 1 unspecified atom stereocenters. The minimum Gasteiger partial charge on any atom is -0.491 e. The molecule has 0 aliphatic heterocycles. The van der Waals surface area contributed by atoms with Crippen molar-refractivity contribution in [3.8, 4) is 5.75 Å². The molecule has 0 aromatic heterocycles. The lowest BCUT2D eigenvalue weighted by molar-refractivity contribution is 0.155. The van der Waals surface area contributed by atoms with Crippen LogP contribution in [0.15, 0.2) is 18.2 Å². The van der Waals surface area contributed by atoms with Crippen LogP contribution in [0.4, 0.5) is 10.1 Å². The predicted octanol–water partition coefficient (Wildman–Crippen LogP) is 3.58. The monoisotopic (exact) mass is 281 g/mol. The molecule has 2 rings (SSSR count). The van der Waals surface area contributed by atoms with Gasteiger partial charge in [0.05, 0.1) is 12.7 Å². The summed E-state index contributed by atoms with van der Waals surface area (Å²) in [5.41, 5.74) is 0.677. The number of nitrogens with one attached hydrogen (secondary N) is 1. The molecule has 20 heavy (non-hydrogen) atoms. The number of anilines is 1. The van der Waals surface area contributed by atoms with Crippen molar-refractivity contribution in [2.24, 2.45) is 5.92 Å². The zero-order valence-corrected chi connectivity index (χ0v) is 12.1.